The number of esters is 1. The van der Waals surface area contributed by atoms with Gasteiger partial charge in [-0.25, -0.2) is 4.79 Å². The summed E-state index contributed by atoms with van der Waals surface area (Å²) in [7, 11) is 1.28. The molecule has 0 aliphatic carbocycles. The zero-order chi connectivity index (χ0) is 24.8. The van der Waals surface area contributed by atoms with Gasteiger partial charge in [0, 0.05) is 12.7 Å². The Kier molecular flexibility index (Phi) is 7.41. The third-order valence-corrected chi connectivity index (χ3v) is 6.09. The molecular formula is C25H23N5O4S. The van der Waals surface area contributed by atoms with Gasteiger partial charge in [-0.15, -0.1) is 10.2 Å². The highest BCUT2D eigenvalue weighted by Gasteiger charge is 2.15. The van der Waals surface area contributed by atoms with E-state index in [1.807, 2.05) is 31.2 Å². The van der Waals surface area contributed by atoms with Gasteiger partial charge in [0.25, 0.3) is 5.91 Å². The van der Waals surface area contributed by atoms with Crippen LogP contribution in [0.5, 0.6) is 0 Å². The molecule has 4 rings (SSSR count). The number of aryl methyl sites for hydroxylation is 1. The fourth-order valence-corrected chi connectivity index (χ4v) is 4.01. The Morgan fingerprint density at radius 1 is 1.00 bits per heavy atom. The van der Waals surface area contributed by atoms with Gasteiger partial charge in [0.1, 0.15) is 0 Å². The number of thioether (sulfide) groups is 1. The Labute approximate surface area is 205 Å². The summed E-state index contributed by atoms with van der Waals surface area (Å²) in [6.45, 7) is 2.42. The zero-order valence-electron chi connectivity index (χ0n) is 19.1. The minimum Gasteiger partial charge on any atom is -0.465 e. The first kappa shape index (κ1) is 24.0. The number of nitrogens with zero attached hydrogens (tertiary/aromatic N) is 3. The lowest BCUT2D eigenvalue weighted by atomic mass is 10.1. The van der Waals surface area contributed by atoms with Gasteiger partial charge < -0.3 is 15.4 Å². The van der Waals surface area contributed by atoms with E-state index in [-0.39, 0.29) is 23.1 Å². The molecular weight excluding hydrogens is 466 g/mol. The van der Waals surface area contributed by atoms with Crippen LogP contribution in [-0.4, -0.2) is 45.2 Å². The van der Waals surface area contributed by atoms with Gasteiger partial charge in [-0.1, -0.05) is 53.7 Å². The summed E-state index contributed by atoms with van der Waals surface area (Å²) in [4.78, 5) is 37.1. The average molecular weight is 490 g/mol. The number of nitrogens with one attached hydrogen (secondary N) is 2. The lowest BCUT2D eigenvalue weighted by Crippen LogP contribution is -2.23. The molecule has 0 radical (unpaired) electrons. The molecule has 2 heterocycles. The number of hydrogen-bond donors (Lipinski definition) is 2. The Morgan fingerprint density at radius 3 is 2.54 bits per heavy atom. The van der Waals surface area contributed by atoms with E-state index >= 15 is 0 Å². The minimum absolute atomic E-state index is 0.0279. The lowest BCUT2D eigenvalue weighted by Gasteiger charge is -2.09. The number of para-hydroxylation sites is 1. The molecule has 2 N–H and O–H groups in total. The van der Waals surface area contributed by atoms with Gasteiger partial charge in [0.15, 0.2) is 10.8 Å². The van der Waals surface area contributed by atoms with Crippen LogP contribution < -0.4 is 10.6 Å². The molecule has 2 amide bonds. The number of amides is 2. The number of anilines is 1. The van der Waals surface area contributed by atoms with Gasteiger partial charge in [-0.2, -0.15) is 0 Å². The van der Waals surface area contributed by atoms with E-state index in [1.54, 1.807) is 47.0 Å². The summed E-state index contributed by atoms with van der Waals surface area (Å²) < 4.78 is 6.42. The first-order valence-corrected chi connectivity index (χ1v) is 11.7. The number of fused-ring (bicyclic) bond motifs is 1. The van der Waals surface area contributed by atoms with Crippen molar-refractivity contribution in [1.82, 2.24) is 19.9 Å². The Morgan fingerprint density at radius 2 is 1.77 bits per heavy atom. The van der Waals surface area contributed by atoms with Gasteiger partial charge in [-0.3, -0.25) is 14.0 Å². The molecule has 0 aliphatic rings. The fraction of sp³-hybridized carbons (Fsp3) is 0.160. The molecule has 0 fully saturated rings. The molecule has 0 unspecified atom stereocenters. The van der Waals surface area contributed by atoms with E-state index < -0.39 is 5.97 Å². The molecule has 4 aromatic rings. The molecule has 9 nitrogen and oxygen atoms in total. The summed E-state index contributed by atoms with van der Waals surface area (Å²) >= 11 is 1.17. The highest BCUT2D eigenvalue weighted by atomic mass is 32.2. The van der Waals surface area contributed by atoms with Crippen LogP contribution in [0.25, 0.3) is 5.65 Å². The van der Waals surface area contributed by atoms with Crippen LogP contribution in [0.3, 0.4) is 0 Å². The van der Waals surface area contributed by atoms with Gasteiger partial charge >= 0.3 is 5.97 Å². The van der Waals surface area contributed by atoms with Crippen molar-refractivity contribution in [2.45, 2.75) is 18.6 Å². The van der Waals surface area contributed by atoms with Crippen molar-refractivity contribution in [1.29, 1.82) is 0 Å². The summed E-state index contributed by atoms with van der Waals surface area (Å²) in [5.74, 6) is -1.06. The molecule has 178 valence electrons. The molecule has 2 aromatic carbocycles. The number of ether oxygens (including phenoxy) is 1. The molecule has 35 heavy (non-hydrogen) atoms. The van der Waals surface area contributed by atoms with Crippen molar-refractivity contribution < 1.29 is 19.1 Å². The van der Waals surface area contributed by atoms with Crippen LogP contribution in [-0.2, 0) is 16.1 Å². The molecule has 0 atom stereocenters. The van der Waals surface area contributed by atoms with Crippen molar-refractivity contribution in [3.8, 4) is 0 Å². The Hall–Kier alpha value is -4.18. The number of carbonyl (C=O) groups excluding carboxylic acids is 3. The van der Waals surface area contributed by atoms with Crippen LogP contribution in [0.2, 0.25) is 0 Å². The SMILES string of the molecule is COC(=O)c1ccccc1NC(=O)CSc1nnc2ccc(C(=O)NCc3ccc(C)cc3)cn12. The third-order valence-electron chi connectivity index (χ3n) is 5.15. The maximum atomic E-state index is 12.7. The summed E-state index contributed by atoms with van der Waals surface area (Å²) in [5.41, 5.74) is 3.79. The second-order valence-corrected chi connectivity index (χ2v) is 8.61. The molecule has 10 heteroatoms. The number of rotatable bonds is 8. The van der Waals surface area contributed by atoms with E-state index in [4.69, 9.17) is 4.74 Å². The van der Waals surface area contributed by atoms with Crippen LogP contribution in [0.15, 0.2) is 72.0 Å². The summed E-state index contributed by atoms with van der Waals surface area (Å²) in [6.07, 6.45) is 1.65. The maximum absolute atomic E-state index is 12.7. The quantitative estimate of drug-likeness (QED) is 0.288. The first-order valence-electron chi connectivity index (χ1n) is 10.7. The molecule has 0 saturated carbocycles. The van der Waals surface area contributed by atoms with Crippen molar-refractivity contribution in [3.05, 3.63) is 89.1 Å². The number of aromatic nitrogens is 3. The molecule has 0 aliphatic heterocycles. The predicted molar refractivity (Wildman–Crippen MR) is 132 cm³/mol. The second-order valence-electron chi connectivity index (χ2n) is 7.67. The van der Waals surface area contributed by atoms with Crippen molar-refractivity contribution in [3.63, 3.8) is 0 Å². The van der Waals surface area contributed by atoms with E-state index in [0.29, 0.717) is 28.6 Å². The molecule has 2 aromatic heterocycles. The third kappa shape index (κ3) is 5.85. The lowest BCUT2D eigenvalue weighted by molar-refractivity contribution is -0.113. The Balaban J connectivity index is 1.41. The highest BCUT2D eigenvalue weighted by molar-refractivity contribution is 7.99. The van der Waals surface area contributed by atoms with Gasteiger partial charge in [0.2, 0.25) is 5.91 Å². The number of pyridine rings is 1. The number of carbonyl (C=O) groups is 3. The van der Waals surface area contributed by atoms with Crippen LogP contribution in [0.1, 0.15) is 31.8 Å². The Bertz CT molecular complexity index is 1380. The minimum atomic E-state index is -0.537. The van der Waals surface area contributed by atoms with Crippen molar-refractivity contribution in [2.75, 3.05) is 18.2 Å². The maximum Gasteiger partial charge on any atom is 0.339 e. The van der Waals surface area contributed by atoms with E-state index in [1.165, 1.54) is 18.9 Å². The summed E-state index contributed by atoms with van der Waals surface area (Å²) in [5, 5.41) is 14.3. The molecule has 0 spiro atoms. The van der Waals surface area contributed by atoms with E-state index in [2.05, 4.69) is 20.8 Å². The number of methoxy groups -OCH3 is 1. The largest absolute Gasteiger partial charge is 0.465 e. The topological polar surface area (TPSA) is 115 Å². The zero-order valence-corrected chi connectivity index (χ0v) is 20.0. The number of hydrogen-bond acceptors (Lipinski definition) is 7. The molecule has 0 saturated heterocycles. The highest BCUT2D eigenvalue weighted by Crippen LogP contribution is 2.20. The van der Waals surface area contributed by atoms with Crippen LogP contribution >= 0.6 is 11.8 Å². The number of benzene rings is 2. The van der Waals surface area contributed by atoms with Crippen molar-refractivity contribution >= 4 is 40.9 Å². The monoisotopic (exact) mass is 489 g/mol. The normalized spacial score (nSPS) is 10.7. The van der Waals surface area contributed by atoms with Crippen molar-refractivity contribution in [2.24, 2.45) is 0 Å². The second kappa shape index (κ2) is 10.8. The van der Waals surface area contributed by atoms with Gasteiger partial charge in [-0.05, 0) is 36.8 Å². The van der Waals surface area contributed by atoms with E-state index in [0.717, 1.165) is 11.1 Å². The average Bonchev–Trinajstić information content (AvgIpc) is 3.29. The predicted octanol–water partition coefficient (Wildman–Crippen LogP) is 3.49. The van der Waals surface area contributed by atoms with Gasteiger partial charge in [0.05, 0.1) is 29.7 Å². The molecule has 0 bridgehead atoms. The first-order chi connectivity index (χ1) is 16.9. The van der Waals surface area contributed by atoms with E-state index in [9.17, 15) is 14.4 Å². The fourth-order valence-electron chi connectivity index (χ4n) is 3.29. The smallest absolute Gasteiger partial charge is 0.339 e. The van der Waals surface area contributed by atoms with Crippen LogP contribution in [0.4, 0.5) is 5.69 Å². The summed E-state index contributed by atoms with van der Waals surface area (Å²) in [6, 6.07) is 17.9. The standard InChI is InChI=1S/C25H23N5O4S/c1-16-7-9-17(10-8-16)13-26-23(32)18-11-12-21-28-29-25(30(21)14-18)35-15-22(31)27-20-6-4-3-5-19(20)24(33)34-2/h3-12,14H,13,15H2,1-2H3,(H,26,32)(H,27,31). The van der Waals surface area contributed by atoms with Crippen LogP contribution in [0, 0.1) is 6.92 Å².